The summed E-state index contributed by atoms with van der Waals surface area (Å²) in [5.74, 6) is 0.0385. The number of nitrogens with one attached hydrogen (secondary N) is 1. The van der Waals surface area contributed by atoms with E-state index in [1.165, 1.54) is 0 Å². The van der Waals surface area contributed by atoms with Gasteiger partial charge in [-0.05, 0) is 13.0 Å². The third-order valence-corrected chi connectivity index (χ3v) is 1.08. The molecule has 0 spiro atoms. The van der Waals surface area contributed by atoms with Gasteiger partial charge in [-0.1, -0.05) is 13.8 Å². The van der Waals surface area contributed by atoms with E-state index in [0.717, 1.165) is 19.5 Å². The molecule has 2 heteroatoms. The molecule has 0 saturated heterocycles. The fourth-order valence-electron chi connectivity index (χ4n) is 0.537. The van der Waals surface area contributed by atoms with Gasteiger partial charge in [0.15, 0.2) is 0 Å². The zero-order valence-corrected chi connectivity index (χ0v) is 6.11. The van der Waals surface area contributed by atoms with Crippen molar-refractivity contribution in [3.8, 4) is 0 Å². The molecule has 0 aromatic carbocycles. The average molecular weight is 128 g/mol. The second kappa shape index (κ2) is 5.76. The highest BCUT2D eigenvalue weighted by molar-refractivity contribution is 5.53. The molecule has 1 N–H and O–H groups in total. The maximum Gasteiger partial charge on any atom is 0.202 e. The molecule has 9 heavy (non-hydrogen) atoms. The van der Waals surface area contributed by atoms with Crippen molar-refractivity contribution in [2.45, 2.75) is 20.3 Å². The monoisotopic (exact) mass is 128 g/mol. The summed E-state index contributed by atoms with van der Waals surface area (Å²) in [6.07, 6.45) is 3.03. The van der Waals surface area contributed by atoms with Crippen molar-refractivity contribution in [3.63, 3.8) is 0 Å². The van der Waals surface area contributed by atoms with Crippen LogP contribution in [0.1, 0.15) is 20.3 Å². The van der Waals surface area contributed by atoms with Gasteiger partial charge in [-0.3, -0.25) is 4.79 Å². The van der Waals surface area contributed by atoms with Crippen LogP contribution in [0.5, 0.6) is 0 Å². The summed E-state index contributed by atoms with van der Waals surface area (Å²) in [6.45, 7) is 5.71. The van der Waals surface area contributed by atoms with Crippen LogP contribution in [0, 0.1) is 5.92 Å². The van der Waals surface area contributed by atoms with Crippen LogP contribution in [0.15, 0.2) is 0 Å². The molecule has 0 aliphatic carbocycles. The number of rotatable bonds is 5. The van der Waals surface area contributed by atoms with Crippen LogP contribution in [0.2, 0.25) is 0 Å². The average Bonchev–Trinajstić information content (AvgIpc) is 1.89. The first-order chi connectivity index (χ1) is 4.31. The van der Waals surface area contributed by atoms with Gasteiger partial charge in [0.2, 0.25) is 6.29 Å². The van der Waals surface area contributed by atoms with Crippen molar-refractivity contribution in [1.82, 2.24) is 5.32 Å². The highest BCUT2D eigenvalue weighted by Gasteiger charge is 1.96. The third-order valence-electron chi connectivity index (χ3n) is 1.08. The molecule has 53 valence electrons. The maximum atomic E-state index is 9.93. The molecule has 0 saturated carbocycles. The van der Waals surface area contributed by atoms with Gasteiger partial charge < -0.3 is 5.32 Å². The van der Waals surface area contributed by atoms with Crippen LogP contribution >= 0.6 is 0 Å². The van der Waals surface area contributed by atoms with Crippen molar-refractivity contribution in [2.75, 3.05) is 13.1 Å². The molecular formula is C7H14NO. The first-order valence-electron chi connectivity index (χ1n) is 3.39. The van der Waals surface area contributed by atoms with Crippen molar-refractivity contribution < 1.29 is 4.79 Å². The minimum atomic E-state index is 0.0385. The van der Waals surface area contributed by atoms with Gasteiger partial charge in [-0.15, -0.1) is 0 Å². The van der Waals surface area contributed by atoms with E-state index in [9.17, 15) is 4.79 Å². The van der Waals surface area contributed by atoms with E-state index in [1.807, 2.05) is 13.2 Å². The largest absolute Gasteiger partial charge is 0.316 e. The topological polar surface area (TPSA) is 29.1 Å². The Morgan fingerprint density at radius 3 is 2.78 bits per heavy atom. The standard InChI is InChI=1S/C7H14NO/c1-3-4-8-5-7(2)6-9/h7-8H,3-5H2,1-2H3. The quantitative estimate of drug-likeness (QED) is 0.553. The lowest BCUT2D eigenvalue weighted by atomic mass is 10.2. The minimum absolute atomic E-state index is 0.0385. The van der Waals surface area contributed by atoms with E-state index in [2.05, 4.69) is 12.2 Å². The van der Waals surface area contributed by atoms with Gasteiger partial charge >= 0.3 is 0 Å². The second-order valence-corrected chi connectivity index (χ2v) is 2.22. The van der Waals surface area contributed by atoms with E-state index in [-0.39, 0.29) is 5.92 Å². The Labute approximate surface area is 56.6 Å². The van der Waals surface area contributed by atoms with Gasteiger partial charge in [-0.2, -0.15) is 0 Å². The predicted octanol–water partition coefficient (Wildman–Crippen LogP) is 0.732. The Bertz CT molecular complexity index is 73.3. The molecule has 0 amide bonds. The summed E-state index contributed by atoms with van der Waals surface area (Å²) >= 11 is 0. The first-order valence-corrected chi connectivity index (χ1v) is 3.39. The Hall–Kier alpha value is -0.370. The van der Waals surface area contributed by atoms with Gasteiger partial charge in [0.1, 0.15) is 0 Å². The fourth-order valence-corrected chi connectivity index (χ4v) is 0.537. The van der Waals surface area contributed by atoms with Crippen LogP contribution in [-0.4, -0.2) is 19.4 Å². The molecule has 1 radical (unpaired) electrons. The number of hydrogen-bond acceptors (Lipinski definition) is 2. The Morgan fingerprint density at radius 2 is 2.33 bits per heavy atom. The molecule has 2 nitrogen and oxygen atoms in total. The molecule has 0 aliphatic heterocycles. The summed E-state index contributed by atoms with van der Waals surface area (Å²) in [4.78, 5) is 9.93. The van der Waals surface area contributed by atoms with E-state index < -0.39 is 0 Å². The second-order valence-electron chi connectivity index (χ2n) is 2.22. The van der Waals surface area contributed by atoms with Crippen LogP contribution in [0.4, 0.5) is 0 Å². The maximum absolute atomic E-state index is 9.93. The zero-order chi connectivity index (χ0) is 7.11. The summed E-state index contributed by atoms with van der Waals surface area (Å²) in [5, 5.41) is 3.12. The molecule has 0 heterocycles. The highest BCUT2D eigenvalue weighted by atomic mass is 16.1. The Kier molecular flexibility index (Phi) is 5.52. The molecule has 0 fully saturated rings. The van der Waals surface area contributed by atoms with E-state index in [0.29, 0.717) is 0 Å². The molecule has 0 aromatic rings. The summed E-state index contributed by atoms with van der Waals surface area (Å²) in [7, 11) is 0. The van der Waals surface area contributed by atoms with E-state index in [1.54, 1.807) is 0 Å². The smallest absolute Gasteiger partial charge is 0.202 e. The van der Waals surface area contributed by atoms with Gasteiger partial charge in [-0.25, -0.2) is 0 Å². The summed E-state index contributed by atoms with van der Waals surface area (Å²) in [6, 6.07) is 0. The Balaban J connectivity index is 2.96. The number of carbonyl (C=O) groups excluding carboxylic acids is 1. The van der Waals surface area contributed by atoms with E-state index >= 15 is 0 Å². The van der Waals surface area contributed by atoms with Crippen LogP contribution in [-0.2, 0) is 4.79 Å². The van der Waals surface area contributed by atoms with E-state index in [4.69, 9.17) is 0 Å². The van der Waals surface area contributed by atoms with Gasteiger partial charge in [0.05, 0.1) is 0 Å². The fraction of sp³-hybridized carbons (Fsp3) is 0.857. The van der Waals surface area contributed by atoms with Crippen molar-refractivity contribution >= 4 is 6.29 Å². The molecular weight excluding hydrogens is 114 g/mol. The lowest BCUT2D eigenvalue weighted by Crippen LogP contribution is -2.22. The first kappa shape index (κ1) is 8.63. The van der Waals surface area contributed by atoms with Crippen LogP contribution < -0.4 is 5.32 Å². The molecule has 0 aliphatic rings. The predicted molar refractivity (Wildman–Crippen MR) is 38.0 cm³/mol. The van der Waals surface area contributed by atoms with Crippen LogP contribution in [0.3, 0.4) is 0 Å². The Morgan fingerprint density at radius 1 is 1.67 bits per heavy atom. The number of hydrogen-bond donors (Lipinski definition) is 1. The lowest BCUT2D eigenvalue weighted by Gasteiger charge is -2.02. The van der Waals surface area contributed by atoms with Gasteiger partial charge in [0.25, 0.3) is 0 Å². The molecule has 1 atom stereocenters. The molecule has 0 aromatic heterocycles. The van der Waals surface area contributed by atoms with Crippen LogP contribution in [0.25, 0.3) is 0 Å². The van der Waals surface area contributed by atoms with Crippen molar-refractivity contribution in [2.24, 2.45) is 5.92 Å². The zero-order valence-electron chi connectivity index (χ0n) is 6.11. The van der Waals surface area contributed by atoms with Gasteiger partial charge in [0, 0.05) is 12.5 Å². The van der Waals surface area contributed by atoms with Crippen molar-refractivity contribution in [1.29, 1.82) is 0 Å². The lowest BCUT2D eigenvalue weighted by molar-refractivity contribution is 0.514. The minimum Gasteiger partial charge on any atom is -0.316 e. The summed E-state index contributed by atoms with van der Waals surface area (Å²) < 4.78 is 0. The normalized spacial score (nSPS) is 13.1. The highest BCUT2D eigenvalue weighted by Crippen LogP contribution is 1.84. The summed E-state index contributed by atoms with van der Waals surface area (Å²) in [5.41, 5.74) is 0. The third kappa shape index (κ3) is 5.50. The molecule has 1 unspecified atom stereocenters. The van der Waals surface area contributed by atoms with Crippen molar-refractivity contribution in [3.05, 3.63) is 0 Å². The molecule has 0 rings (SSSR count). The SMILES string of the molecule is CCCNCC(C)[C]=O. The molecule has 0 bridgehead atoms.